The number of nitrogens with zero attached hydrogens (tertiary/aromatic N) is 1. The predicted octanol–water partition coefficient (Wildman–Crippen LogP) is 3.68. The van der Waals surface area contributed by atoms with Crippen LogP contribution in [0.4, 0.5) is 10.5 Å². The van der Waals surface area contributed by atoms with Gasteiger partial charge in [-0.2, -0.15) is 0 Å². The van der Waals surface area contributed by atoms with Crippen LogP contribution in [0.2, 0.25) is 0 Å². The maximum atomic E-state index is 12.1. The summed E-state index contributed by atoms with van der Waals surface area (Å²) in [5, 5.41) is 5.53. The summed E-state index contributed by atoms with van der Waals surface area (Å²) in [6.07, 6.45) is 3.30. The summed E-state index contributed by atoms with van der Waals surface area (Å²) in [6.45, 7) is 0.346. The van der Waals surface area contributed by atoms with E-state index in [2.05, 4.69) is 15.6 Å². The summed E-state index contributed by atoms with van der Waals surface area (Å²) in [4.78, 5) is 16.4. The Bertz CT molecular complexity index is 839. The summed E-state index contributed by atoms with van der Waals surface area (Å²) in [5.41, 5.74) is 2.19. The van der Waals surface area contributed by atoms with Crippen molar-refractivity contribution in [2.75, 3.05) is 19.5 Å². The van der Waals surface area contributed by atoms with E-state index in [-0.39, 0.29) is 6.03 Å². The number of pyridine rings is 1. The zero-order valence-electron chi connectivity index (χ0n) is 14.5. The first-order valence-corrected chi connectivity index (χ1v) is 7.94. The Labute approximate surface area is 151 Å². The van der Waals surface area contributed by atoms with Crippen molar-refractivity contribution in [2.24, 2.45) is 0 Å². The van der Waals surface area contributed by atoms with Gasteiger partial charge in [0.2, 0.25) is 0 Å². The zero-order valence-corrected chi connectivity index (χ0v) is 14.5. The van der Waals surface area contributed by atoms with Crippen LogP contribution in [0.15, 0.2) is 59.3 Å². The van der Waals surface area contributed by atoms with Gasteiger partial charge < -0.3 is 24.5 Å². The molecule has 0 aliphatic carbocycles. The molecule has 0 spiro atoms. The summed E-state index contributed by atoms with van der Waals surface area (Å²) in [7, 11) is 3.11. The lowest BCUT2D eigenvalue weighted by molar-refractivity contribution is 0.251. The fourth-order valence-corrected chi connectivity index (χ4v) is 2.34. The van der Waals surface area contributed by atoms with E-state index in [4.69, 9.17) is 13.9 Å². The lowest BCUT2D eigenvalue weighted by Gasteiger charge is -2.11. The normalized spacial score (nSPS) is 10.2. The van der Waals surface area contributed by atoms with Crippen LogP contribution in [0.5, 0.6) is 11.5 Å². The van der Waals surface area contributed by atoms with Gasteiger partial charge in [0.05, 0.1) is 20.5 Å². The molecule has 0 atom stereocenters. The molecule has 0 bridgehead atoms. The Morgan fingerprint density at radius 1 is 1.12 bits per heavy atom. The Morgan fingerprint density at radius 2 is 1.88 bits per heavy atom. The average molecular weight is 353 g/mol. The average Bonchev–Trinajstić information content (AvgIpc) is 3.21. The maximum absolute atomic E-state index is 12.1. The molecule has 1 aromatic carbocycles. The molecule has 0 unspecified atom stereocenters. The van der Waals surface area contributed by atoms with Gasteiger partial charge in [-0.25, -0.2) is 4.79 Å². The van der Waals surface area contributed by atoms with Crippen molar-refractivity contribution in [1.29, 1.82) is 0 Å². The molecule has 2 aromatic heterocycles. The van der Waals surface area contributed by atoms with E-state index in [1.54, 1.807) is 44.9 Å². The molecule has 0 saturated heterocycles. The fourth-order valence-electron chi connectivity index (χ4n) is 2.34. The Hall–Kier alpha value is -3.48. The van der Waals surface area contributed by atoms with Gasteiger partial charge in [0.25, 0.3) is 0 Å². The van der Waals surface area contributed by atoms with E-state index in [1.165, 1.54) is 0 Å². The van der Waals surface area contributed by atoms with Crippen LogP contribution in [-0.4, -0.2) is 25.2 Å². The van der Waals surface area contributed by atoms with Crippen LogP contribution >= 0.6 is 0 Å². The van der Waals surface area contributed by atoms with Crippen molar-refractivity contribution in [3.05, 3.63) is 60.5 Å². The molecule has 3 aromatic rings. The van der Waals surface area contributed by atoms with Crippen molar-refractivity contribution < 1.29 is 18.7 Å². The molecule has 7 heteroatoms. The number of hydrogen-bond acceptors (Lipinski definition) is 5. The highest BCUT2D eigenvalue weighted by Gasteiger charge is 2.07. The van der Waals surface area contributed by atoms with Gasteiger partial charge >= 0.3 is 6.03 Å². The van der Waals surface area contributed by atoms with Crippen molar-refractivity contribution in [3.8, 4) is 23.0 Å². The number of carbonyl (C=O) groups is 1. The second kappa shape index (κ2) is 8.06. The molecule has 0 aliphatic heterocycles. The third-order valence-electron chi connectivity index (χ3n) is 3.66. The number of furan rings is 1. The molecule has 26 heavy (non-hydrogen) atoms. The number of benzene rings is 1. The first-order chi connectivity index (χ1) is 12.7. The second-order valence-electron chi connectivity index (χ2n) is 5.44. The minimum Gasteiger partial charge on any atom is -0.497 e. The Kier molecular flexibility index (Phi) is 5.38. The van der Waals surface area contributed by atoms with Crippen LogP contribution in [-0.2, 0) is 6.54 Å². The van der Waals surface area contributed by atoms with Crippen molar-refractivity contribution in [2.45, 2.75) is 6.54 Å². The van der Waals surface area contributed by atoms with Gasteiger partial charge in [0.15, 0.2) is 5.76 Å². The van der Waals surface area contributed by atoms with Crippen LogP contribution in [0.3, 0.4) is 0 Å². The standard InChI is InChI=1S/C19H19N3O4/c1-24-15-8-14(9-16(10-15)25-2)22-19(23)21-12-13-5-6-17(20-11-13)18-4-3-7-26-18/h3-11H,12H2,1-2H3,(H2,21,22,23). The molecule has 2 heterocycles. The second-order valence-corrected chi connectivity index (χ2v) is 5.44. The quantitative estimate of drug-likeness (QED) is 0.706. The monoisotopic (exact) mass is 353 g/mol. The minimum absolute atomic E-state index is 0.338. The van der Waals surface area contributed by atoms with Gasteiger partial charge in [-0.05, 0) is 23.8 Å². The number of methoxy groups -OCH3 is 2. The summed E-state index contributed by atoms with van der Waals surface area (Å²) < 4.78 is 15.7. The summed E-state index contributed by atoms with van der Waals surface area (Å²) >= 11 is 0. The number of aromatic nitrogens is 1. The van der Waals surface area contributed by atoms with E-state index in [0.717, 1.165) is 11.3 Å². The first kappa shape index (κ1) is 17.3. The zero-order chi connectivity index (χ0) is 18.4. The van der Waals surface area contributed by atoms with Crippen molar-refractivity contribution >= 4 is 11.7 Å². The molecule has 0 radical (unpaired) electrons. The molecular weight excluding hydrogens is 334 g/mol. The number of carbonyl (C=O) groups excluding carboxylic acids is 1. The minimum atomic E-state index is -0.338. The third-order valence-corrected chi connectivity index (χ3v) is 3.66. The number of amides is 2. The van der Waals surface area contributed by atoms with E-state index in [0.29, 0.717) is 29.5 Å². The summed E-state index contributed by atoms with van der Waals surface area (Å²) in [6, 6.07) is 12.2. The number of rotatable bonds is 6. The number of ether oxygens (including phenoxy) is 2. The molecular formula is C19H19N3O4. The van der Waals surface area contributed by atoms with E-state index < -0.39 is 0 Å². The predicted molar refractivity (Wildman–Crippen MR) is 97.3 cm³/mol. The SMILES string of the molecule is COc1cc(NC(=O)NCc2ccc(-c3ccco3)nc2)cc(OC)c1. The van der Waals surface area contributed by atoms with Gasteiger partial charge in [-0.1, -0.05) is 6.07 Å². The number of anilines is 1. The number of nitrogens with one attached hydrogen (secondary N) is 2. The van der Waals surface area contributed by atoms with Crippen LogP contribution in [0.25, 0.3) is 11.5 Å². The summed E-state index contributed by atoms with van der Waals surface area (Å²) in [5.74, 6) is 1.89. The highest BCUT2D eigenvalue weighted by molar-refractivity contribution is 5.89. The Morgan fingerprint density at radius 3 is 2.46 bits per heavy atom. The molecule has 2 amide bonds. The topological polar surface area (TPSA) is 85.6 Å². The van der Waals surface area contributed by atoms with Crippen molar-refractivity contribution in [1.82, 2.24) is 10.3 Å². The van der Waals surface area contributed by atoms with Gasteiger partial charge in [0.1, 0.15) is 17.2 Å². The molecule has 134 valence electrons. The Balaban J connectivity index is 1.57. The van der Waals surface area contributed by atoms with Gasteiger partial charge in [0, 0.05) is 36.6 Å². The highest BCUT2D eigenvalue weighted by atomic mass is 16.5. The molecule has 7 nitrogen and oxygen atoms in total. The number of urea groups is 1. The van der Waals surface area contributed by atoms with E-state index in [1.807, 2.05) is 24.3 Å². The maximum Gasteiger partial charge on any atom is 0.319 e. The van der Waals surface area contributed by atoms with Crippen LogP contribution in [0, 0.1) is 0 Å². The van der Waals surface area contributed by atoms with Crippen LogP contribution in [0.1, 0.15) is 5.56 Å². The highest BCUT2D eigenvalue weighted by Crippen LogP contribution is 2.25. The smallest absolute Gasteiger partial charge is 0.319 e. The first-order valence-electron chi connectivity index (χ1n) is 7.94. The fraction of sp³-hybridized carbons (Fsp3) is 0.158. The van der Waals surface area contributed by atoms with E-state index in [9.17, 15) is 4.79 Å². The van der Waals surface area contributed by atoms with Crippen molar-refractivity contribution in [3.63, 3.8) is 0 Å². The molecule has 0 saturated carbocycles. The lowest BCUT2D eigenvalue weighted by atomic mass is 10.2. The largest absolute Gasteiger partial charge is 0.497 e. The molecule has 0 fully saturated rings. The van der Waals surface area contributed by atoms with E-state index >= 15 is 0 Å². The lowest BCUT2D eigenvalue weighted by Crippen LogP contribution is -2.28. The third kappa shape index (κ3) is 4.32. The number of hydrogen-bond donors (Lipinski definition) is 2. The molecule has 0 aliphatic rings. The van der Waals surface area contributed by atoms with Crippen LogP contribution < -0.4 is 20.1 Å². The molecule has 3 rings (SSSR count). The molecule has 2 N–H and O–H groups in total. The van der Waals surface area contributed by atoms with Gasteiger partial charge in [-0.3, -0.25) is 4.98 Å². The van der Waals surface area contributed by atoms with Gasteiger partial charge in [-0.15, -0.1) is 0 Å².